The Morgan fingerprint density at radius 2 is 1.87 bits per heavy atom. The summed E-state index contributed by atoms with van der Waals surface area (Å²) in [4.78, 5) is 14.7. The average molecular weight is 457 g/mol. The van der Waals surface area contributed by atoms with Gasteiger partial charge in [-0.15, -0.1) is 22.7 Å². The summed E-state index contributed by atoms with van der Waals surface area (Å²) in [6.07, 6.45) is 2.17. The molecule has 0 fully saturated rings. The van der Waals surface area contributed by atoms with Crippen molar-refractivity contribution in [2.45, 2.75) is 32.8 Å². The maximum Gasteiger partial charge on any atom is 0.188 e. The van der Waals surface area contributed by atoms with Crippen LogP contribution in [0.15, 0.2) is 48.0 Å². The molecule has 1 atom stereocenters. The molecule has 4 aromatic rings. The van der Waals surface area contributed by atoms with E-state index in [9.17, 15) is 5.11 Å². The first-order valence-electron chi connectivity index (χ1n) is 9.40. The van der Waals surface area contributed by atoms with Crippen molar-refractivity contribution in [2.75, 3.05) is 5.32 Å². The van der Waals surface area contributed by atoms with Crippen LogP contribution in [-0.4, -0.2) is 20.1 Å². The minimum absolute atomic E-state index is 0.474. The lowest BCUT2D eigenvalue weighted by atomic mass is 9.90. The van der Waals surface area contributed by atoms with Crippen molar-refractivity contribution in [3.05, 3.63) is 74.8 Å². The molecule has 0 aliphatic rings. The Labute approximate surface area is 188 Å². The van der Waals surface area contributed by atoms with E-state index in [-0.39, 0.29) is 0 Å². The van der Waals surface area contributed by atoms with Crippen LogP contribution in [0.3, 0.4) is 0 Å². The standard InChI is InChI=1S/C22H21ClN4OS2/c1-13-20(30-14(2)25-13)18-12-29-21(26-18)27-19-9-6-16(11-24-19)22(3,28)10-15-4-7-17(23)8-5-15/h4-9,11-12,28H,10H2,1-3H3,(H,24,26,27). The zero-order valence-electron chi connectivity index (χ0n) is 16.8. The van der Waals surface area contributed by atoms with Crippen LogP contribution in [0.2, 0.25) is 5.02 Å². The number of aromatic nitrogens is 3. The lowest BCUT2D eigenvalue weighted by Crippen LogP contribution is -2.24. The summed E-state index contributed by atoms with van der Waals surface area (Å²) < 4.78 is 0. The second-order valence-electron chi connectivity index (χ2n) is 7.32. The van der Waals surface area contributed by atoms with E-state index in [0.29, 0.717) is 17.3 Å². The minimum Gasteiger partial charge on any atom is -0.385 e. The molecule has 8 heteroatoms. The molecule has 2 N–H and O–H groups in total. The van der Waals surface area contributed by atoms with Crippen LogP contribution in [-0.2, 0) is 12.0 Å². The number of nitrogens with zero attached hydrogens (tertiary/aromatic N) is 3. The molecule has 0 radical (unpaired) electrons. The molecule has 0 spiro atoms. The monoisotopic (exact) mass is 456 g/mol. The Morgan fingerprint density at radius 1 is 1.10 bits per heavy atom. The molecule has 1 unspecified atom stereocenters. The highest BCUT2D eigenvalue weighted by Gasteiger charge is 2.24. The van der Waals surface area contributed by atoms with Crippen LogP contribution in [0.5, 0.6) is 0 Å². The van der Waals surface area contributed by atoms with Crippen molar-refractivity contribution in [1.29, 1.82) is 0 Å². The smallest absolute Gasteiger partial charge is 0.188 e. The molecule has 0 aliphatic carbocycles. The average Bonchev–Trinajstić information content (AvgIpc) is 3.29. The van der Waals surface area contributed by atoms with Crippen molar-refractivity contribution >= 4 is 45.2 Å². The summed E-state index contributed by atoms with van der Waals surface area (Å²) in [5, 5.41) is 18.7. The highest BCUT2D eigenvalue weighted by molar-refractivity contribution is 7.16. The summed E-state index contributed by atoms with van der Waals surface area (Å²) in [6, 6.07) is 11.2. The number of pyridine rings is 1. The maximum atomic E-state index is 10.9. The number of halogens is 1. The molecular weight excluding hydrogens is 436 g/mol. The number of anilines is 2. The Balaban J connectivity index is 1.46. The van der Waals surface area contributed by atoms with Gasteiger partial charge in [0.05, 0.1) is 26.9 Å². The van der Waals surface area contributed by atoms with Gasteiger partial charge in [0, 0.05) is 28.6 Å². The molecule has 3 heterocycles. The molecule has 0 aliphatic heterocycles. The topological polar surface area (TPSA) is 70.9 Å². The van der Waals surface area contributed by atoms with E-state index in [1.54, 1.807) is 24.5 Å². The number of rotatable bonds is 6. The molecule has 0 amide bonds. The van der Waals surface area contributed by atoms with E-state index in [4.69, 9.17) is 11.6 Å². The highest BCUT2D eigenvalue weighted by atomic mass is 35.5. The van der Waals surface area contributed by atoms with Crippen LogP contribution in [0, 0.1) is 13.8 Å². The maximum absolute atomic E-state index is 10.9. The van der Waals surface area contributed by atoms with Gasteiger partial charge in [0.2, 0.25) is 0 Å². The predicted octanol–water partition coefficient (Wildman–Crippen LogP) is 6.13. The van der Waals surface area contributed by atoms with E-state index >= 15 is 0 Å². The lowest BCUT2D eigenvalue weighted by molar-refractivity contribution is 0.0573. The molecule has 4 rings (SSSR count). The van der Waals surface area contributed by atoms with Gasteiger partial charge in [-0.3, -0.25) is 0 Å². The molecule has 0 bridgehead atoms. The van der Waals surface area contributed by atoms with Gasteiger partial charge >= 0.3 is 0 Å². The lowest BCUT2D eigenvalue weighted by Gasteiger charge is -2.24. The Morgan fingerprint density at radius 3 is 2.50 bits per heavy atom. The molecule has 1 aromatic carbocycles. The van der Waals surface area contributed by atoms with Gasteiger partial charge in [-0.05, 0) is 44.5 Å². The first-order valence-corrected chi connectivity index (χ1v) is 11.5. The first kappa shape index (κ1) is 20.9. The Kier molecular flexibility index (Phi) is 5.88. The molecule has 0 saturated carbocycles. The fourth-order valence-corrected chi connectivity index (χ4v) is 4.99. The second-order valence-corrected chi connectivity index (χ2v) is 9.82. The molecule has 3 aromatic heterocycles. The van der Waals surface area contributed by atoms with Crippen LogP contribution < -0.4 is 5.32 Å². The third-order valence-corrected chi connectivity index (χ3v) is 6.83. The van der Waals surface area contributed by atoms with Crippen LogP contribution in [0.25, 0.3) is 10.6 Å². The van der Waals surface area contributed by atoms with E-state index in [0.717, 1.165) is 37.5 Å². The number of aryl methyl sites for hydroxylation is 2. The quantitative estimate of drug-likeness (QED) is 0.365. The van der Waals surface area contributed by atoms with Gasteiger partial charge in [-0.1, -0.05) is 29.8 Å². The summed E-state index contributed by atoms with van der Waals surface area (Å²) in [6.45, 7) is 5.79. The van der Waals surface area contributed by atoms with Crippen LogP contribution >= 0.6 is 34.3 Å². The van der Waals surface area contributed by atoms with Crippen molar-refractivity contribution in [2.24, 2.45) is 0 Å². The largest absolute Gasteiger partial charge is 0.385 e. The summed E-state index contributed by atoms with van der Waals surface area (Å²) >= 11 is 9.12. The van der Waals surface area contributed by atoms with Gasteiger partial charge in [-0.2, -0.15) is 0 Å². The summed E-state index contributed by atoms with van der Waals surface area (Å²) in [5.74, 6) is 0.680. The first-order chi connectivity index (χ1) is 14.3. The number of benzene rings is 1. The van der Waals surface area contributed by atoms with Crippen molar-refractivity contribution < 1.29 is 5.11 Å². The fraction of sp³-hybridized carbons (Fsp3) is 0.227. The Bertz CT molecular complexity index is 1150. The van der Waals surface area contributed by atoms with E-state index in [2.05, 4.69) is 20.3 Å². The van der Waals surface area contributed by atoms with Crippen molar-refractivity contribution in [1.82, 2.24) is 15.0 Å². The zero-order chi connectivity index (χ0) is 21.3. The number of nitrogens with one attached hydrogen (secondary N) is 1. The van der Waals surface area contributed by atoms with Crippen molar-refractivity contribution in [3.63, 3.8) is 0 Å². The predicted molar refractivity (Wildman–Crippen MR) is 125 cm³/mol. The molecule has 0 saturated heterocycles. The zero-order valence-corrected chi connectivity index (χ0v) is 19.2. The van der Waals surface area contributed by atoms with Gasteiger partial charge in [0.1, 0.15) is 5.82 Å². The molecule has 30 heavy (non-hydrogen) atoms. The normalized spacial score (nSPS) is 13.2. The van der Waals surface area contributed by atoms with Gasteiger partial charge < -0.3 is 10.4 Å². The highest BCUT2D eigenvalue weighted by Crippen LogP contribution is 2.33. The Hall–Kier alpha value is -2.32. The summed E-state index contributed by atoms with van der Waals surface area (Å²) in [5.41, 5.74) is 2.65. The van der Waals surface area contributed by atoms with Gasteiger partial charge in [0.15, 0.2) is 5.13 Å². The number of thiazole rings is 2. The van der Waals surface area contributed by atoms with E-state index < -0.39 is 5.60 Å². The third kappa shape index (κ3) is 4.70. The van der Waals surface area contributed by atoms with Crippen LogP contribution in [0.4, 0.5) is 10.9 Å². The van der Waals surface area contributed by atoms with Crippen LogP contribution in [0.1, 0.15) is 28.8 Å². The van der Waals surface area contributed by atoms with Crippen molar-refractivity contribution in [3.8, 4) is 10.6 Å². The fourth-order valence-electron chi connectivity index (χ4n) is 3.20. The summed E-state index contributed by atoms with van der Waals surface area (Å²) in [7, 11) is 0. The molecule has 5 nitrogen and oxygen atoms in total. The van der Waals surface area contributed by atoms with E-state index in [1.807, 2.05) is 55.6 Å². The van der Waals surface area contributed by atoms with Gasteiger partial charge in [0.25, 0.3) is 0 Å². The van der Waals surface area contributed by atoms with Gasteiger partial charge in [-0.25, -0.2) is 15.0 Å². The number of hydrogen-bond donors (Lipinski definition) is 2. The SMILES string of the molecule is Cc1nc(C)c(-c2csc(Nc3ccc(C(C)(O)Cc4ccc(Cl)cc4)cn3)n2)s1. The molecular formula is C22H21ClN4OS2. The molecule has 154 valence electrons. The second kappa shape index (κ2) is 8.43. The minimum atomic E-state index is -1.03. The third-order valence-electron chi connectivity index (χ3n) is 4.72. The number of aliphatic hydroxyl groups is 1. The van der Waals surface area contributed by atoms with E-state index in [1.165, 1.54) is 11.3 Å². The number of hydrogen-bond acceptors (Lipinski definition) is 7.